The van der Waals surface area contributed by atoms with Crippen LogP contribution in [0, 0.1) is 11.3 Å². The number of aromatic nitrogens is 1. The van der Waals surface area contributed by atoms with E-state index < -0.39 is 0 Å². The number of hydrogen-bond donors (Lipinski definition) is 1. The summed E-state index contributed by atoms with van der Waals surface area (Å²) in [7, 11) is 0. The average molecular weight is 392 g/mol. The van der Waals surface area contributed by atoms with Crippen molar-refractivity contribution < 1.29 is 9.59 Å². The first-order valence-corrected chi connectivity index (χ1v) is 10.6. The molecule has 2 heterocycles. The van der Waals surface area contributed by atoms with Gasteiger partial charge in [0.1, 0.15) is 0 Å². The van der Waals surface area contributed by atoms with E-state index in [1.54, 1.807) is 12.4 Å². The van der Waals surface area contributed by atoms with E-state index in [1.165, 1.54) is 5.56 Å². The summed E-state index contributed by atoms with van der Waals surface area (Å²) in [5.41, 5.74) is 2.26. The maximum absolute atomic E-state index is 12.9. The third-order valence-corrected chi connectivity index (χ3v) is 6.55. The van der Waals surface area contributed by atoms with Gasteiger partial charge in [-0.3, -0.25) is 14.6 Å². The minimum atomic E-state index is -0.0917. The highest BCUT2D eigenvalue weighted by atomic mass is 16.2. The van der Waals surface area contributed by atoms with E-state index in [4.69, 9.17) is 0 Å². The fraction of sp³-hybridized carbons (Fsp3) is 0.458. The Morgan fingerprint density at radius 2 is 1.90 bits per heavy atom. The number of carbonyl (C=O) groups excluding carboxylic acids is 2. The number of aryl methyl sites for hydroxylation is 1. The second-order valence-electron chi connectivity index (χ2n) is 8.46. The predicted octanol–water partition coefficient (Wildman–Crippen LogP) is 3.35. The lowest BCUT2D eigenvalue weighted by atomic mass is 9.62. The van der Waals surface area contributed by atoms with Crippen molar-refractivity contribution in [2.45, 2.75) is 45.1 Å². The molecule has 2 amide bonds. The number of nitrogens with zero attached hydrogens (tertiary/aromatic N) is 2. The van der Waals surface area contributed by atoms with E-state index in [0.717, 1.165) is 44.2 Å². The maximum Gasteiger partial charge on any atom is 0.225 e. The average Bonchev–Trinajstić information content (AvgIpc) is 3.15. The highest BCUT2D eigenvalue weighted by Crippen LogP contribution is 2.51. The fourth-order valence-corrected chi connectivity index (χ4v) is 4.72. The summed E-state index contributed by atoms with van der Waals surface area (Å²) in [5.74, 6) is 0.175. The smallest absolute Gasteiger partial charge is 0.225 e. The third-order valence-electron chi connectivity index (χ3n) is 6.55. The second-order valence-corrected chi connectivity index (χ2v) is 8.46. The van der Waals surface area contributed by atoms with Crippen molar-refractivity contribution >= 4 is 11.8 Å². The molecule has 29 heavy (non-hydrogen) atoms. The molecular formula is C24H29N3O2. The zero-order valence-corrected chi connectivity index (χ0v) is 16.8. The van der Waals surface area contributed by atoms with Gasteiger partial charge in [-0.15, -0.1) is 0 Å². The number of amides is 2. The Hall–Kier alpha value is -2.69. The summed E-state index contributed by atoms with van der Waals surface area (Å²) in [4.78, 5) is 31.8. The highest BCUT2D eigenvalue weighted by Gasteiger charge is 2.54. The molecule has 0 bridgehead atoms. The molecule has 5 nitrogen and oxygen atoms in total. The van der Waals surface area contributed by atoms with Crippen molar-refractivity contribution in [3.05, 3.63) is 66.0 Å². The summed E-state index contributed by atoms with van der Waals surface area (Å²) in [6.45, 7) is 1.79. The zero-order valence-electron chi connectivity index (χ0n) is 16.8. The summed E-state index contributed by atoms with van der Waals surface area (Å²) in [6.07, 6.45) is 9.07. The summed E-state index contributed by atoms with van der Waals surface area (Å²) < 4.78 is 0. The van der Waals surface area contributed by atoms with Crippen molar-refractivity contribution in [2.24, 2.45) is 11.3 Å². The van der Waals surface area contributed by atoms with Crippen LogP contribution in [-0.2, 0) is 22.6 Å². The van der Waals surface area contributed by atoms with Gasteiger partial charge < -0.3 is 10.2 Å². The molecule has 152 valence electrons. The Morgan fingerprint density at radius 1 is 1.10 bits per heavy atom. The summed E-state index contributed by atoms with van der Waals surface area (Å²) >= 11 is 0. The Kier molecular flexibility index (Phi) is 5.93. The van der Waals surface area contributed by atoms with E-state index >= 15 is 0 Å². The van der Waals surface area contributed by atoms with E-state index in [0.29, 0.717) is 19.5 Å². The molecular weight excluding hydrogens is 362 g/mol. The molecule has 1 aliphatic carbocycles. The van der Waals surface area contributed by atoms with Crippen LogP contribution in [0.3, 0.4) is 0 Å². The largest absolute Gasteiger partial charge is 0.352 e. The topological polar surface area (TPSA) is 62.3 Å². The van der Waals surface area contributed by atoms with Crippen LogP contribution >= 0.6 is 0 Å². The van der Waals surface area contributed by atoms with Gasteiger partial charge in [-0.1, -0.05) is 42.8 Å². The van der Waals surface area contributed by atoms with E-state index in [1.807, 2.05) is 35.2 Å². The van der Waals surface area contributed by atoms with Gasteiger partial charge in [0.2, 0.25) is 11.8 Å². The number of likely N-dealkylation sites (tertiary alicyclic amines) is 1. The Bertz CT molecular complexity index is 834. The molecule has 1 saturated carbocycles. The Balaban J connectivity index is 1.31. The molecule has 2 fully saturated rings. The molecule has 0 radical (unpaired) electrons. The van der Waals surface area contributed by atoms with Crippen LogP contribution in [0.4, 0.5) is 0 Å². The predicted molar refractivity (Wildman–Crippen MR) is 112 cm³/mol. The number of nitrogens with one attached hydrogen (secondary N) is 1. The van der Waals surface area contributed by atoms with Crippen molar-refractivity contribution in [3.63, 3.8) is 0 Å². The number of carbonyl (C=O) groups is 2. The third kappa shape index (κ3) is 4.50. The number of hydrogen-bond acceptors (Lipinski definition) is 3. The van der Waals surface area contributed by atoms with Gasteiger partial charge in [-0.25, -0.2) is 0 Å². The SMILES string of the molecule is O=C(NCc1cccnc1)C1CN(C(=O)CCCc2ccccc2)CC12CCC2. The Labute approximate surface area is 172 Å². The quantitative estimate of drug-likeness (QED) is 0.787. The van der Waals surface area contributed by atoms with Crippen LogP contribution < -0.4 is 5.32 Å². The van der Waals surface area contributed by atoms with Gasteiger partial charge in [0, 0.05) is 43.9 Å². The fourth-order valence-electron chi connectivity index (χ4n) is 4.72. The molecule has 1 spiro atoms. The van der Waals surface area contributed by atoms with Gasteiger partial charge in [0.25, 0.3) is 0 Å². The van der Waals surface area contributed by atoms with E-state index in [2.05, 4.69) is 22.4 Å². The minimum absolute atomic E-state index is 0.00584. The number of benzene rings is 1. The monoisotopic (exact) mass is 391 g/mol. The van der Waals surface area contributed by atoms with Crippen LogP contribution in [0.15, 0.2) is 54.9 Å². The molecule has 1 atom stereocenters. The first-order valence-electron chi connectivity index (χ1n) is 10.6. The Morgan fingerprint density at radius 3 is 2.59 bits per heavy atom. The molecule has 5 heteroatoms. The maximum atomic E-state index is 12.9. The van der Waals surface area contributed by atoms with Crippen molar-refractivity contribution in [1.82, 2.24) is 15.2 Å². The van der Waals surface area contributed by atoms with Crippen LogP contribution in [0.25, 0.3) is 0 Å². The molecule has 1 aliphatic heterocycles. The lowest BCUT2D eigenvalue weighted by Crippen LogP contribution is -2.45. The molecule has 1 aromatic heterocycles. The van der Waals surface area contributed by atoms with Crippen LogP contribution in [-0.4, -0.2) is 34.8 Å². The first kappa shape index (κ1) is 19.6. The molecule has 1 N–H and O–H groups in total. The van der Waals surface area contributed by atoms with Crippen LogP contribution in [0.1, 0.15) is 43.2 Å². The van der Waals surface area contributed by atoms with Crippen molar-refractivity contribution in [1.29, 1.82) is 0 Å². The molecule has 2 aromatic rings. The van der Waals surface area contributed by atoms with Crippen LogP contribution in [0.5, 0.6) is 0 Å². The lowest BCUT2D eigenvalue weighted by molar-refractivity contribution is -0.130. The second kappa shape index (κ2) is 8.76. The van der Waals surface area contributed by atoms with Gasteiger partial charge in [-0.2, -0.15) is 0 Å². The minimum Gasteiger partial charge on any atom is -0.352 e. The van der Waals surface area contributed by atoms with Gasteiger partial charge in [0.15, 0.2) is 0 Å². The van der Waals surface area contributed by atoms with Crippen molar-refractivity contribution in [2.75, 3.05) is 13.1 Å². The van der Waals surface area contributed by atoms with E-state index in [9.17, 15) is 9.59 Å². The molecule has 1 unspecified atom stereocenters. The molecule has 1 saturated heterocycles. The van der Waals surface area contributed by atoms with Gasteiger partial charge >= 0.3 is 0 Å². The van der Waals surface area contributed by atoms with Gasteiger partial charge in [-0.05, 0) is 42.9 Å². The molecule has 1 aromatic carbocycles. The van der Waals surface area contributed by atoms with Crippen LogP contribution in [0.2, 0.25) is 0 Å². The standard InChI is InChI=1S/C24H29N3O2/c28-22(11-4-9-19-7-2-1-3-8-19)27-17-21(24(18-27)12-6-13-24)23(29)26-16-20-10-5-14-25-15-20/h1-3,5,7-8,10,14-15,21H,4,6,9,11-13,16-18H2,(H,26,29). The summed E-state index contributed by atoms with van der Waals surface area (Å²) in [5, 5.41) is 3.07. The number of pyridine rings is 1. The lowest BCUT2D eigenvalue weighted by Gasteiger charge is -2.41. The first-order chi connectivity index (χ1) is 14.2. The van der Waals surface area contributed by atoms with Crippen molar-refractivity contribution in [3.8, 4) is 0 Å². The zero-order chi connectivity index (χ0) is 20.1. The normalized spacial score (nSPS) is 19.7. The van der Waals surface area contributed by atoms with E-state index in [-0.39, 0.29) is 23.1 Å². The molecule has 2 aliphatic rings. The number of rotatable bonds is 7. The molecule has 4 rings (SSSR count). The highest BCUT2D eigenvalue weighted by molar-refractivity contribution is 5.83. The van der Waals surface area contributed by atoms with Gasteiger partial charge in [0.05, 0.1) is 5.92 Å². The summed E-state index contributed by atoms with van der Waals surface area (Å²) in [6, 6.07) is 14.1.